The van der Waals surface area contributed by atoms with Crippen molar-refractivity contribution in [3.05, 3.63) is 58.1 Å². The van der Waals surface area contributed by atoms with E-state index in [2.05, 4.69) is 0 Å². The fourth-order valence-corrected chi connectivity index (χ4v) is 2.19. The molecule has 0 saturated carbocycles. The van der Waals surface area contributed by atoms with Gasteiger partial charge in [0.25, 0.3) is 0 Å². The Hall–Kier alpha value is -2.20. The smallest absolute Gasteiger partial charge is 0.248 e. The van der Waals surface area contributed by atoms with Gasteiger partial charge in [0.1, 0.15) is 6.61 Å². The van der Waals surface area contributed by atoms with Crippen molar-refractivity contribution in [2.24, 2.45) is 5.73 Å². The van der Waals surface area contributed by atoms with Crippen LogP contribution >= 0.6 is 11.6 Å². The van der Waals surface area contributed by atoms with Gasteiger partial charge in [0, 0.05) is 5.56 Å². The maximum atomic E-state index is 11.2. The second kappa shape index (κ2) is 6.50. The van der Waals surface area contributed by atoms with E-state index in [-0.39, 0.29) is 10.6 Å². The molecule has 0 bridgehead atoms. The molecular formula is C16H16ClNO3. The Balaban J connectivity index is 2.28. The average Bonchev–Trinajstić information content (AvgIpc) is 2.46. The summed E-state index contributed by atoms with van der Waals surface area (Å²) in [5, 5.41) is 0.289. The second-order valence-corrected chi connectivity index (χ2v) is 4.98. The second-order valence-electron chi connectivity index (χ2n) is 4.57. The summed E-state index contributed by atoms with van der Waals surface area (Å²) >= 11 is 6.15. The summed E-state index contributed by atoms with van der Waals surface area (Å²) < 4.78 is 11.0. The van der Waals surface area contributed by atoms with Gasteiger partial charge in [-0.05, 0) is 30.2 Å². The molecule has 2 N–H and O–H groups in total. The van der Waals surface area contributed by atoms with Crippen molar-refractivity contribution >= 4 is 17.5 Å². The van der Waals surface area contributed by atoms with Gasteiger partial charge in [-0.1, -0.05) is 35.9 Å². The number of halogens is 1. The number of ether oxygens (including phenoxy) is 2. The monoisotopic (exact) mass is 305 g/mol. The van der Waals surface area contributed by atoms with Crippen molar-refractivity contribution < 1.29 is 14.3 Å². The molecule has 0 atom stereocenters. The average molecular weight is 306 g/mol. The highest BCUT2D eigenvalue weighted by atomic mass is 35.5. The SMILES string of the molecule is COc1cc(C(N)=O)cc(Cl)c1OCc1ccccc1C. The van der Waals surface area contributed by atoms with E-state index in [1.54, 1.807) is 0 Å². The fraction of sp³-hybridized carbons (Fsp3) is 0.188. The molecule has 0 unspecified atom stereocenters. The Kier molecular flexibility index (Phi) is 4.70. The first kappa shape index (κ1) is 15.2. The minimum atomic E-state index is -0.569. The highest BCUT2D eigenvalue weighted by molar-refractivity contribution is 6.32. The molecule has 0 aliphatic heterocycles. The molecule has 21 heavy (non-hydrogen) atoms. The molecule has 1 amide bonds. The first-order valence-electron chi connectivity index (χ1n) is 6.37. The highest BCUT2D eigenvalue weighted by Gasteiger charge is 2.14. The highest BCUT2D eigenvalue weighted by Crippen LogP contribution is 2.37. The van der Waals surface area contributed by atoms with Crippen LogP contribution in [0, 0.1) is 6.92 Å². The lowest BCUT2D eigenvalue weighted by molar-refractivity contribution is 0.1000. The van der Waals surface area contributed by atoms with Crippen molar-refractivity contribution in [2.45, 2.75) is 13.5 Å². The van der Waals surface area contributed by atoms with Crippen LogP contribution in [0.15, 0.2) is 36.4 Å². The summed E-state index contributed by atoms with van der Waals surface area (Å²) in [7, 11) is 1.48. The summed E-state index contributed by atoms with van der Waals surface area (Å²) in [5.74, 6) is 0.206. The number of hydrogen-bond acceptors (Lipinski definition) is 3. The Bertz CT molecular complexity index is 671. The maximum absolute atomic E-state index is 11.2. The van der Waals surface area contributed by atoms with E-state index in [1.807, 2.05) is 31.2 Å². The largest absolute Gasteiger partial charge is 0.493 e. The number of carbonyl (C=O) groups excluding carboxylic acids is 1. The predicted octanol–water partition coefficient (Wildman–Crippen LogP) is 3.33. The van der Waals surface area contributed by atoms with Gasteiger partial charge in [-0.2, -0.15) is 0 Å². The van der Waals surface area contributed by atoms with E-state index < -0.39 is 5.91 Å². The summed E-state index contributed by atoms with van der Waals surface area (Å²) in [6, 6.07) is 10.9. The molecule has 0 radical (unpaired) electrons. The van der Waals surface area contributed by atoms with Gasteiger partial charge in [0.2, 0.25) is 5.91 Å². The van der Waals surface area contributed by atoms with Gasteiger partial charge in [-0.25, -0.2) is 0 Å². The quantitative estimate of drug-likeness (QED) is 0.921. The number of nitrogens with two attached hydrogens (primary N) is 1. The van der Waals surface area contributed by atoms with Crippen molar-refractivity contribution in [3.63, 3.8) is 0 Å². The van der Waals surface area contributed by atoms with Crippen LogP contribution in [0.5, 0.6) is 11.5 Å². The Morgan fingerprint density at radius 1 is 1.29 bits per heavy atom. The van der Waals surface area contributed by atoms with Crippen LogP contribution in [-0.2, 0) is 6.61 Å². The zero-order valence-corrected chi connectivity index (χ0v) is 12.6. The van der Waals surface area contributed by atoms with E-state index in [0.717, 1.165) is 11.1 Å². The third-order valence-corrected chi connectivity index (χ3v) is 3.43. The first-order valence-corrected chi connectivity index (χ1v) is 6.75. The van der Waals surface area contributed by atoms with Crippen LogP contribution in [0.3, 0.4) is 0 Å². The predicted molar refractivity (Wildman–Crippen MR) is 82.0 cm³/mol. The molecule has 110 valence electrons. The third kappa shape index (κ3) is 3.47. The molecule has 4 nitrogen and oxygen atoms in total. The molecule has 2 rings (SSSR count). The van der Waals surface area contributed by atoms with Gasteiger partial charge in [0.15, 0.2) is 11.5 Å². The number of methoxy groups -OCH3 is 1. The maximum Gasteiger partial charge on any atom is 0.248 e. The van der Waals surface area contributed by atoms with E-state index in [9.17, 15) is 4.79 Å². The van der Waals surface area contributed by atoms with Crippen LogP contribution < -0.4 is 15.2 Å². The molecule has 2 aromatic carbocycles. The van der Waals surface area contributed by atoms with Crippen LogP contribution in [0.2, 0.25) is 5.02 Å². The van der Waals surface area contributed by atoms with E-state index in [0.29, 0.717) is 18.1 Å². The molecule has 0 aliphatic rings. The van der Waals surface area contributed by atoms with E-state index in [1.165, 1.54) is 19.2 Å². The normalized spacial score (nSPS) is 10.2. The zero-order valence-electron chi connectivity index (χ0n) is 11.9. The van der Waals surface area contributed by atoms with E-state index >= 15 is 0 Å². The van der Waals surface area contributed by atoms with Crippen LogP contribution in [0.25, 0.3) is 0 Å². The summed E-state index contributed by atoms with van der Waals surface area (Å²) in [6.07, 6.45) is 0. The lowest BCUT2D eigenvalue weighted by Gasteiger charge is -2.14. The van der Waals surface area contributed by atoms with Crippen molar-refractivity contribution in [1.82, 2.24) is 0 Å². The lowest BCUT2D eigenvalue weighted by Crippen LogP contribution is -2.11. The topological polar surface area (TPSA) is 61.5 Å². The molecule has 0 saturated heterocycles. The number of benzene rings is 2. The fourth-order valence-electron chi connectivity index (χ4n) is 1.92. The van der Waals surface area contributed by atoms with Crippen LogP contribution in [0.1, 0.15) is 21.5 Å². The van der Waals surface area contributed by atoms with Gasteiger partial charge >= 0.3 is 0 Å². The molecule has 2 aromatic rings. The molecular weight excluding hydrogens is 290 g/mol. The summed E-state index contributed by atoms with van der Waals surface area (Å²) in [6.45, 7) is 2.37. The van der Waals surface area contributed by atoms with Gasteiger partial charge in [0.05, 0.1) is 12.1 Å². The van der Waals surface area contributed by atoms with Crippen molar-refractivity contribution in [3.8, 4) is 11.5 Å². The molecule has 0 heterocycles. The Morgan fingerprint density at radius 2 is 2.00 bits per heavy atom. The van der Waals surface area contributed by atoms with Gasteiger partial charge < -0.3 is 15.2 Å². The van der Waals surface area contributed by atoms with Crippen molar-refractivity contribution in [1.29, 1.82) is 0 Å². The number of aryl methyl sites for hydroxylation is 1. The third-order valence-electron chi connectivity index (χ3n) is 3.15. The lowest BCUT2D eigenvalue weighted by atomic mass is 10.1. The Labute approximate surface area is 128 Å². The minimum Gasteiger partial charge on any atom is -0.493 e. The number of hydrogen-bond donors (Lipinski definition) is 1. The molecule has 0 spiro atoms. The number of rotatable bonds is 5. The number of carbonyl (C=O) groups is 1. The molecule has 0 aromatic heterocycles. The molecule has 0 fully saturated rings. The van der Waals surface area contributed by atoms with Crippen molar-refractivity contribution in [2.75, 3.05) is 7.11 Å². The summed E-state index contributed by atoms with van der Waals surface area (Å²) in [4.78, 5) is 11.2. The van der Waals surface area contributed by atoms with Gasteiger partial charge in [-0.3, -0.25) is 4.79 Å². The minimum absolute atomic E-state index is 0.278. The van der Waals surface area contributed by atoms with E-state index in [4.69, 9.17) is 26.8 Å². The zero-order chi connectivity index (χ0) is 15.4. The molecule has 0 aliphatic carbocycles. The van der Waals surface area contributed by atoms with Crippen LogP contribution in [-0.4, -0.2) is 13.0 Å². The number of primary amides is 1. The van der Waals surface area contributed by atoms with Gasteiger partial charge in [-0.15, -0.1) is 0 Å². The van der Waals surface area contributed by atoms with Crippen LogP contribution in [0.4, 0.5) is 0 Å². The summed E-state index contributed by atoms with van der Waals surface area (Å²) in [5.41, 5.74) is 7.70. The molecule has 5 heteroatoms. The first-order chi connectivity index (χ1) is 10.0. The Morgan fingerprint density at radius 3 is 2.62 bits per heavy atom. The number of amides is 1. The standard InChI is InChI=1S/C16H16ClNO3/c1-10-5-3-4-6-11(10)9-21-15-13(17)7-12(16(18)19)8-14(15)20-2/h3-8H,9H2,1-2H3,(H2,18,19).